The van der Waals surface area contributed by atoms with E-state index in [0.717, 1.165) is 29.3 Å². The maximum Gasteiger partial charge on any atom is 0.157 e. The lowest BCUT2D eigenvalue weighted by Gasteiger charge is -2.15. The zero-order chi connectivity index (χ0) is 13.5. The van der Waals surface area contributed by atoms with E-state index < -0.39 is 5.92 Å². The van der Waals surface area contributed by atoms with Gasteiger partial charge in [-0.1, -0.05) is 60.8 Å². The van der Waals surface area contributed by atoms with E-state index in [1.165, 1.54) is 0 Å². The van der Waals surface area contributed by atoms with E-state index in [9.17, 15) is 10.1 Å². The molecular formula is C15H18BrNO. The van der Waals surface area contributed by atoms with Crippen LogP contribution in [0.2, 0.25) is 0 Å². The normalized spacial score (nSPS) is 13.7. The Kier molecular flexibility index (Phi) is 6.07. The van der Waals surface area contributed by atoms with Crippen molar-refractivity contribution < 1.29 is 4.79 Å². The summed E-state index contributed by atoms with van der Waals surface area (Å²) in [4.78, 5) is 12.3. The first-order chi connectivity index (χ1) is 8.61. The molecule has 0 aromatic heterocycles. The van der Waals surface area contributed by atoms with Crippen LogP contribution in [-0.2, 0) is 4.79 Å². The molecule has 0 saturated carbocycles. The fraction of sp³-hybridized carbons (Fsp3) is 0.467. The van der Waals surface area contributed by atoms with Crippen LogP contribution in [0.25, 0.3) is 0 Å². The second-order valence-electron chi connectivity index (χ2n) is 4.53. The molecule has 0 aliphatic rings. The van der Waals surface area contributed by atoms with Gasteiger partial charge in [-0.25, -0.2) is 0 Å². The molecule has 1 aromatic rings. The summed E-state index contributed by atoms with van der Waals surface area (Å²) in [7, 11) is 0. The minimum Gasteiger partial charge on any atom is -0.298 e. The van der Waals surface area contributed by atoms with E-state index in [4.69, 9.17) is 0 Å². The third-order valence-electron chi connectivity index (χ3n) is 3.11. The number of nitriles is 1. The Hall–Kier alpha value is -1.14. The SMILES string of the molecule is CCCCC(C)C(=O)C(C#N)c1ccccc1Br. The van der Waals surface area contributed by atoms with Gasteiger partial charge in [-0.15, -0.1) is 0 Å². The highest BCUT2D eigenvalue weighted by molar-refractivity contribution is 9.10. The van der Waals surface area contributed by atoms with Crippen LogP contribution < -0.4 is 0 Å². The topological polar surface area (TPSA) is 40.9 Å². The summed E-state index contributed by atoms with van der Waals surface area (Å²) in [6.45, 7) is 4.02. The van der Waals surface area contributed by atoms with E-state index in [-0.39, 0.29) is 11.7 Å². The molecule has 0 radical (unpaired) electrons. The quantitative estimate of drug-likeness (QED) is 0.779. The Morgan fingerprint density at radius 2 is 2.11 bits per heavy atom. The Labute approximate surface area is 117 Å². The molecule has 18 heavy (non-hydrogen) atoms. The Bertz CT molecular complexity index is 450. The van der Waals surface area contributed by atoms with Gasteiger partial charge in [0.15, 0.2) is 5.78 Å². The highest BCUT2D eigenvalue weighted by Gasteiger charge is 2.26. The van der Waals surface area contributed by atoms with Gasteiger partial charge in [-0.05, 0) is 18.1 Å². The molecule has 0 bridgehead atoms. The third kappa shape index (κ3) is 3.68. The van der Waals surface area contributed by atoms with Crippen LogP contribution >= 0.6 is 15.9 Å². The number of halogens is 1. The van der Waals surface area contributed by atoms with Crippen LogP contribution in [-0.4, -0.2) is 5.78 Å². The number of rotatable bonds is 6. The van der Waals surface area contributed by atoms with Gasteiger partial charge < -0.3 is 0 Å². The molecule has 2 atom stereocenters. The molecule has 0 amide bonds. The molecule has 0 spiro atoms. The molecule has 2 nitrogen and oxygen atoms in total. The lowest BCUT2D eigenvalue weighted by molar-refractivity contribution is -0.122. The summed E-state index contributed by atoms with van der Waals surface area (Å²) < 4.78 is 0.826. The van der Waals surface area contributed by atoms with Crippen molar-refractivity contribution >= 4 is 21.7 Å². The lowest BCUT2D eigenvalue weighted by atomic mass is 9.87. The van der Waals surface area contributed by atoms with Crippen LogP contribution in [0.15, 0.2) is 28.7 Å². The molecule has 0 aliphatic heterocycles. The van der Waals surface area contributed by atoms with Gasteiger partial charge in [-0.3, -0.25) is 4.79 Å². The van der Waals surface area contributed by atoms with Gasteiger partial charge >= 0.3 is 0 Å². The van der Waals surface area contributed by atoms with Crippen molar-refractivity contribution in [3.8, 4) is 6.07 Å². The minimum absolute atomic E-state index is 0.0258. The average molecular weight is 308 g/mol. The number of carbonyl (C=O) groups is 1. The predicted octanol–water partition coefficient (Wildman–Crippen LogP) is 4.45. The lowest BCUT2D eigenvalue weighted by Crippen LogP contribution is -2.19. The second kappa shape index (κ2) is 7.33. The molecule has 0 N–H and O–H groups in total. The number of Topliss-reactive ketones (excluding diaryl/α,β-unsaturated/α-hetero) is 1. The van der Waals surface area contributed by atoms with Gasteiger partial charge in [0.05, 0.1) is 6.07 Å². The standard InChI is InChI=1S/C15H18BrNO/c1-3-4-7-11(2)15(18)13(10-17)12-8-5-6-9-14(12)16/h5-6,8-9,11,13H,3-4,7H2,1-2H3. The first-order valence-electron chi connectivity index (χ1n) is 6.29. The fourth-order valence-corrected chi connectivity index (χ4v) is 2.45. The molecule has 3 heteroatoms. The zero-order valence-corrected chi connectivity index (χ0v) is 12.4. The third-order valence-corrected chi connectivity index (χ3v) is 3.83. The highest BCUT2D eigenvalue weighted by Crippen LogP contribution is 2.28. The van der Waals surface area contributed by atoms with Crippen molar-refractivity contribution in [3.63, 3.8) is 0 Å². The molecule has 96 valence electrons. The van der Waals surface area contributed by atoms with Crippen LogP contribution in [0.5, 0.6) is 0 Å². The molecule has 1 rings (SSSR count). The van der Waals surface area contributed by atoms with Gasteiger partial charge in [-0.2, -0.15) is 5.26 Å². The van der Waals surface area contributed by atoms with Crippen molar-refractivity contribution in [2.45, 2.75) is 39.0 Å². The Morgan fingerprint density at radius 1 is 1.44 bits per heavy atom. The van der Waals surface area contributed by atoms with Crippen molar-refractivity contribution in [1.29, 1.82) is 5.26 Å². The van der Waals surface area contributed by atoms with Crippen LogP contribution in [0, 0.1) is 17.2 Å². The number of ketones is 1. The predicted molar refractivity (Wildman–Crippen MR) is 76.2 cm³/mol. The van der Waals surface area contributed by atoms with Crippen LogP contribution in [0.1, 0.15) is 44.6 Å². The van der Waals surface area contributed by atoms with Gasteiger partial charge in [0.1, 0.15) is 5.92 Å². The summed E-state index contributed by atoms with van der Waals surface area (Å²) >= 11 is 3.40. The summed E-state index contributed by atoms with van der Waals surface area (Å²) in [6.07, 6.45) is 2.96. The Balaban J connectivity index is 2.88. The van der Waals surface area contributed by atoms with E-state index in [0.29, 0.717) is 0 Å². The summed E-state index contributed by atoms with van der Waals surface area (Å²) in [6, 6.07) is 9.57. The van der Waals surface area contributed by atoms with E-state index in [1.54, 1.807) is 0 Å². The monoisotopic (exact) mass is 307 g/mol. The van der Waals surface area contributed by atoms with Crippen molar-refractivity contribution in [3.05, 3.63) is 34.3 Å². The Morgan fingerprint density at radius 3 is 2.67 bits per heavy atom. The number of nitrogens with zero attached hydrogens (tertiary/aromatic N) is 1. The van der Waals surface area contributed by atoms with E-state index >= 15 is 0 Å². The first-order valence-corrected chi connectivity index (χ1v) is 7.08. The van der Waals surface area contributed by atoms with Gasteiger partial charge in [0.2, 0.25) is 0 Å². The smallest absolute Gasteiger partial charge is 0.157 e. The van der Waals surface area contributed by atoms with Gasteiger partial charge in [0.25, 0.3) is 0 Å². The highest BCUT2D eigenvalue weighted by atomic mass is 79.9. The number of hydrogen-bond acceptors (Lipinski definition) is 2. The van der Waals surface area contributed by atoms with E-state index in [2.05, 4.69) is 28.9 Å². The largest absolute Gasteiger partial charge is 0.298 e. The summed E-state index contributed by atoms with van der Waals surface area (Å²) in [5, 5.41) is 9.26. The molecular weight excluding hydrogens is 290 g/mol. The van der Waals surface area contributed by atoms with Crippen molar-refractivity contribution in [1.82, 2.24) is 0 Å². The molecule has 0 aliphatic carbocycles. The van der Waals surface area contributed by atoms with Gasteiger partial charge in [0, 0.05) is 10.4 Å². The average Bonchev–Trinajstić information content (AvgIpc) is 2.38. The number of unbranched alkanes of at least 4 members (excludes halogenated alkanes) is 1. The number of carbonyl (C=O) groups excluding carboxylic acids is 1. The van der Waals surface area contributed by atoms with Crippen molar-refractivity contribution in [2.24, 2.45) is 5.92 Å². The van der Waals surface area contributed by atoms with Crippen LogP contribution in [0.3, 0.4) is 0 Å². The number of hydrogen-bond donors (Lipinski definition) is 0. The van der Waals surface area contributed by atoms with E-state index in [1.807, 2.05) is 31.2 Å². The molecule has 0 heterocycles. The maximum atomic E-state index is 12.3. The summed E-state index contributed by atoms with van der Waals surface area (Å²) in [5.41, 5.74) is 0.772. The second-order valence-corrected chi connectivity index (χ2v) is 5.38. The molecule has 0 saturated heterocycles. The zero-order valence-electron chi connectivity index (χ0n) is 10.8. The van der Waals surface area contributed by atoms with Crippen molar-refractivity contribution in [2.75, 3.05) is 0 Å². The number of benzene rings is 1. The molecule has 0 fully saturated rings. The molecule has 2 unspecified atom stereocenters. The van der Waals surface area contributed by atoms with Crippen LogP contribution in [0.4, 0.5) is 0 Å². The minimum atomic E-state index is -0.660. The first kappa shape index (κ1) is 14.9. The maximum absolute atomic E-state index is 12.3. The fourth-order valence-electron chi connectivity index (χ4n) is 1.93. The molecule has 1 aromatic carbocycles. The summed E-state index contributed by atoms with van der Waals surface area (Å²) in [5.74, 6) is -0.688.